The highest BCUT2D eigenvalue weighted by atomic mass is 16.3. The van der Waals surface area contributed by atoms with Crippen LogP contribution in [0.1, 0.15) is 42.0 Å². The van der Waals surface area contributed by atoms with Gasteiger partial charge in [0.05, 0.1) is 0 Å². The highest BCUT2D eigenvalue weighted by molar-refractivity contribution is 5.91. The van der Waals surface area contributed by atoms with E-state index in [9.17, 15) is 4.79 Å². The number of hydrogen-bond acceptors (Lipinski definition) is 3. The van der Waals surface area contributed by atoms with Crippen LogP contribution >= 0.6 is 0 Å². The van der Waals surface area contributed by atoms with Crippen LogP contribution in [0.15, 0.2) is 16.5 Å². The zero-order valence-electron chi connectivity index (χ0n) is 10.5. The Labute approximate surface area is 102 Å². The fraction of sp³-hybridized carbons (Fsp3) is 0.615. The van der Waals surface area contributed by atoms with Gasteiger partial charge in [0.1, 0.15) is 5.76 Å². The Bertz CT molecular complexity index is 400. The van der Waals surface area contributed by atoms with Crippen LogP contribution in [-0.4, -0.2) is 29.9 Å². The van der Waals surface area contributed by atoms with Gasteiger partial charge in [0, 0.05) is 19.1 Å². The van der Waals surface area contributed by atoms with Crippen molar-refractivity contribution in [2.75, 3.05) is 7.05 Å². The second kappa shape index (κ2) is 4.92. The monoisotopic (exact) mass is 236 g/mol. The molecule has 1 saturated carbocycles. The maximum absolute atomic E-state index is 12.2. The van der Waals surface area contributed by atoms with Crippen LogP contribution in [0.5, 0.6) is 0 Å². The molecular formula is C13H20N2O2. The van der Waals surface area contributed by atoms with Gasteiger partial charge in [0.25, 0.3) is 5.91 Å². The lowest BCUT2D eigenvalue weighted by molar-refractivity contribution is 0.0639. The van der Waals surface area contributed by atoms with Crippen molar-refractivity contribution in [3.63, 3.8) is 0 Å². The summed E-state index contributed by atoms with van der Waals surface area (Å²) in [5, 5.41) is 0. The number of aryl methyl sites for hydroxylation is 1. The minimum atomic E-state index is -0.0690. The Kier molecular flexibility index (Phi) is 3.52. The van der Waals surface area contributed by atoms with Crippen molar-refractivity contribution in [3.8, 4) is 0 Å². The van der Waals surface area contributed by atoms with E-state index in [4.69, 9.17) is 10.2 Å². The average molecular weight is 236 g/mol. The van der Waals surface area contributed by atoms with E-state index in [0.717, 1.165) is 25.0 Å². The van der Waals surface area contributed by atoms with Crippen molar-refractivity contribution in [1.82, 2.24) is 4.90 Å². The van der Waals surface area contributed by atoms with E-state index in [1.807, 2.05) is 20.0 Å². The number of hydrogen-bond donors (Lipinski definition) is 1. The number of amides is 1. The predicted octanol–water partition coefficient (Wildman–Crippen LogP) is 1.93. The topological polar surface area (TPSA) is 59.5 Å². The molecule has 94 valence electrons. The summed E-state index contributed by atoms with van der Waals surface area (Å²) < 4.78 is 5.36. The molecule has 0 bridgehead atoms. The summed E-state index contributed by atoms with van der Waals surface area (Å²) in [4.78, 5) is 13.9. The van der Waals surface area contributed by atoms with Crippen molar-refractivity contribution in [1.29, 1.82) is 0 Å². The Morgan fingerprint density at radius 2 is 2.12 bits per heavy atom. The van der Waals surface area contributed by atoms with Crippen molar-refractivity contribution < 1.29 is 9.21 Å². The lowest BCUT2D eigenvalue weighted by Crippen LogP contribution is -2.50. The van der Waals surface area contributed by atoms with E-state index >= 15 is 0 Å². The highest BCUT2D eigenvalue weighted by Gasteiger charge is 2.29. The van der Waals surface area contributed by atoms with E-state index in [-0.39, 0.29) is 18.0 Å². The third-order valence-electron chi connectivity index (χ3n) is 3.55. The lowest BCUT2D eigenvalue weighted by atomic mass is 9.90. The first kappa shape index (κ1) is 12.2. The van der Waals surface area contributed by atoms with Crippen LogP contribution < -0.4 is 5.73 Å². The van der Waals surface area contributed by atoms with Crippen molar-refractivity contribution in [3.05, 3.63) is 23.7 Å². The Hall–Kier alpha value is -1.29. The molecule has 0 aliphatic heterocycles. The molecule has 0 aromatic carbocycles. The van der Waals surface area contributed by atoms with Crippen molar-refractivity contribution in [2.24, 2.45) is 5.73 Å². The molecule has 1 aromatic heterocycles. The number of rotatable bonds is 2. The molecule has 2 unspecified atom stereocenters. The summed E-state index contributed by atoms with van der Waals surface area (Å²) in [7, 11) is 1.82. The van der Waals surface area contributed by atoms with Crippen LogP contribution in [0.25, 0.3) is 0 Å². The zero-order valence-corrected chi connectivity index (χ0v) is 10.5. The van der Waals surface area contributed by atoms with E-state index in [1.165, 1.54) is 6.42 Å². The zero-order chi connectivity index (χ0) is 12.4. The van der Waals surface area contributed by atoms with E-state index < -0.39 is 0 Å². The molecule has 0 radical (unpaired) electrons. The second-order valence-electron chi connectivity index (χ2n) is 4.84. The van der Waals surface area contributed by atoms with Crippen molar-refractivity contribution >= 4 is 5.91 Å². The standard InChI is InChI=1S/C13H20N2O2/c1-9-7-8-12(17-9)13(16)15(2)11-6-4-3-5-10(11)14/h7-8,10-11H,3-6,14H2,1-2H3. The molecule has 1 amide bonds. The molecule has 1 aromatic rings. The quantitative estimate of drug-likeness (QED) is 0.853. The number of furan rings is 1. The van der Waals surface area contributed by atoms with E-state index in [0.29, 0.717) is 5.76 Å². The van der Waals surface area contributed by atoms with E-state index in [2.05, 4.69) is 0 Å². The molecule has 1 heterocycles. The number of carbonyl (C=O) groups excluding carboxylic acids is 1. The van der Waals surface area contributed by atoms with Gasteiger partial charge in [-0.25, -0.2) is 0 Å². The van der Waals surface area contributed by atoms with Gasteiger partial charge in [-0.2, -0.15) is 0 Å². The SMILES string of the molecule is Cc1ccc(C(=O)N(C)C2CCCCC2N)o1. The fourth-order valence-electron chi connectivity index (χ4n) is 2.49. The molecule has 1 aliphatic rings. The fourth-order valence-corrected chi connectivity index (χ4v) is 2.49. The smallest absolute Gasteiger partial charge is 0.289 e. The molecule has 4 heteroatoms. The summed E-state index contributed by atoms with van der Waals surface area (Å²) in [5.41, 5.74) is 6.08. The van der Waals surface area contributed by atoms with Crippen molar-refractivity contribution in [2.45, 2.75) is 44.7 Å². The molecule has 2 N–H and O–H groups in total. The van der Waals surface area contributed by atoms with Gasteiger partial charge in [-0.1, -0.05) is 12.8 Å². The molecule has 4 nitrogen and oxygen atoms in total. The number of carbonyl (C=O) groups is 1. The largest absolute Gasteiger partial charge is 0.456 e. The summed E-state index contributed by atoms with van der Waals surface area (Å²) in [6.07, 6.45) is 4.30. The Balaban J connectivity index is 2.08. The minimum Gasteiger partial charge on any atom is -0.456 e. The first-order valence-corrected chi connectivity index (χ1v) is 6.19. The Morgan fingerprint density at radius 1 is 1.41 bits per heavy atom. The summed E-state index contributed by atoms with van der Waals surface area (Å²) >= 11 is 0. The van der Waals surface area contributed by atoms with Crippen LogP contribution in [0.2, 0.25) is 0 Å². The summed E-state index contributed by atoms with van der Waals surface area (Å²) in [6, 6.07) is 3.76. The minimum absolute atomic E-state index is 0.0690. The summed E-state index contributed by atoms with van der Waals surface area (Å²) in [6.45, 7) is 1.84. The van der Waals surface area contributed by atoms with Crippen LogP contribution in [0, 0.1) is 6.92 Å². The second-order valence-corrected chi connectivity index (χ2v) is 4.84. The van der Waals surface area contributed by atoms with Gasteiger partial charge in [-0.3, -0.25) is 4.79 Å². The molecule has 1 aliphatic carbocycles. The van der Waals surface area contributed by atoms with Gasteiger partial charge in [-0.15, -0.1) is 0 Å². The average Bonchev–Trinajstić information content (AvgIpc) is 2.75. The first-order chi connectivity index (χ1) is 8.09. The molecule has 0 spiro atoms. The van der Waals surface area contributed by atoms with Gasteiger partial charge < -0.3 is 15.1 Å². The van der Waals surface area contributed by atoms with Crippen LogP contribution in [0.3, 0.4) is 0 Å². The van der Waals surface area contributed by atoms with E-state index in [1.54, 1.807) is 11.0 Å². The number of likely N-dealkylation sites (N-methyl/N-ethyl adjacent to an activating group) is 1. The highest BCUT2D eigenvalue weighted by Crippen LogP contribution is 2.22. The summed E-state index contributed by atoms with van der Waals surface area (Å²) in [5.74, 6) is 1.10. The third-order valence-corrected chi connectivity index (χ3v) is 3.55. The molecule has 2 rings (SSSR count). The van der Waals surface area contributed by atoms with Crippen LogP contribution in [0.4, 0.5) is 0 Å². The maximum Gasteiger partial charge on any atom is 0.289 e. The molecule has 2 atom stereocenters. The first-order valence-electron chi connectivity index (χ1n) is 6.19. The molecule has 0 saturated heterocycles. The Morgan fingerprint density at radius 3 is 2.71 bits per heavy atom. The lowest BCUT2D eigenvalue weighted by Gasteiger charge is -2.35. The normalized spacial score (nSPS) is 24.6. The molecule has 1 fully saturated rings. The molecular weight excluding hydrogens is 216 g/mol. The predicted molar refractivity (Wildman–Crippen MR) is 65.8 cm³/mol. The van der Waals surface area contributed by atoms with Gasteiger partial charge >= 0.3 is 0 Å². The van der Waals surface area contributed by atoms with Gasteiger partial charge in [0.15, 0.2) is 5.76 Å². The maximum atomic E-state index is 12.2. The molecule has 17 heavy (non-hydrogen) atoms. The third kappa shape index (κ3) is 2.52. The number of nitrogens with zero attached hydrogens (tertiary/aromatic N) is 1. The van der Waals surface area contributed by atoms with Gasteiger partial charge in [0.2, 0.25) is 0 Å². The van der Waals surface area contributed by atoms with Gasteiger partial charge in [-0.05, 0) is 31.9 Å². The number of nitrogens with two attached hydrogens (primary N) is 1. The van der Waals surface area contributed by atoms with Crippen LogP contribution in [-0.2, 0) is 0 Å².